The van der Waals surface area contributed by atoms with Gasteiger partial charge in [-0.3, -0.25) is 4.79 Å². The molecule has 4 rings (SSSR count). The lowest BCUT2D eigenvalue weighted by molar-refractivity contribution is 0.0938. The Labute approximate surface area is 167 Å². The Morgan fingerprint density at radius 2 is 1.72 bits per heavy atom. The number of aryl methyl sites for hydroxylation is 1. The van der Waals surface area contributed by atoms with E-state index in [2.05, 4.69) is 15.5 Å². The molecule has 0 saturated carbocycles. The summed E-state index contributed by atoms with van der Waals surface area (Å²) in [5.74, 6) is -0.0931. The van der Waals surface area contributed by atoms with Crippen molar-refractivity contribution in [2.24, 2.45) is 0 Å². The number of hydrogen-bond acceptors (Lipinski definition) is 4. The largest absolute Gasteiger partial charge is 0.418 e. The quantitative estimate of drug-likeness (QED) is 0.539. The molecular weight excluding hydrogens is 369 g/mol. The van der Waals surface area contributed by atoms with Crippen LogP contribution in [0.1, 0.15) is 33.4 Å². The smallest absolute Gasteiger partial charge is 0.252 e. The first kappa shape index (κ1) is 18.6. The SMILES string of the molecule is Cc1cccc(C(=O)N[C@@H](c2ccc(F)cc2)c2nnc(-c3ccccc3)o2)c1. The van der Waals surface area contributed by atoms with E-state index in [4.69, 9.17) is 4.42 Å². The number of amides is 1. The standard InChI is InChI=1S/C23H18FN3O2/c1-15-6-5-9-18(14-15)21(28)25-20(16-10-12-19(24)13-11-16)23-27-26-22(29-23)17-7-3-2-4-8-17/h2-14,20H,1H3,(H,25,28)/t20-/m0/s1. The minimum atomic E-state index is -0.714. The van der Waals surface area contributed by atoms with Crippen LogP contribution in [0, 0.1) is 12.7 Å². The van der Waals surface area contributed by atoms with Crippen molar-refractivity contribution in [3.63, 3.8) is 0 Å². The van der Waals surface area contributed by atoms with Crippen molar-refractivity contribution in [1.29, 1.82) is 0 Å². The second kappa shape index (κ2) is 8.06. The second-order valence-corrected chi connectivity index (χ2v) is 6.64. The van der Waals surface area contributed by atoms with Gasteiger partial charge in [0.1, 0.15) is 11.9 Å². The Kier molecular flexibility index (Phi) is 5.16. The summed E-state index contributed by atoms with van der Waals surface area (Å²) < 4.78 is 19.3. The van der Waals surface area contributed by atoms with Gasteiger partial charge < -0.3 is 9.73 Å². The molecule has 144 valence electrons. The van der Waals surface area contributed by atoms with E-state index >= 15 is 0 Å². The van der Waals surface area contributed by atoms with E-state index in [-0.39, 0.29) is 17.6 Å². The van der Waals surface area contributed by atoms with E-state index in [1.54, 1.807) is 24.3 Å². The fourth-order valence-corrected chi connectivity index (χ4v) is 2.99. The zero-order valence-corrected chi connectivity index (χ0v) is 15.7. The minimum absolute atomic E-state index is 0.219. The number of benzene rings is 3. The highest BCUT2D eigenvalue weighted by molar-refractivity contribution is 5.94. The monoisotopic (exact) mass is 387 g/mol. The van der Waals surface area contributed by atoms with E-state index in [0.717, 1.165) is 11.1 Å². The second-order valence-electron chi connectivity index (χ2n) is 6.64. The number of aromatic nitrogens is 2. The highest BCUT2D eigenvalue weighted by Crippen LogP contribution is 2.25. The topological polar surface area (TPSA) is 68.0 Å². The zero-order valence-electron chi connectivity index (χ0n) is 15.7. The number of nitrogens with zero attached hydrogens (tertiary/aromatic N) is 2. The Morgan fingerprint density at radius 1 is 0.966 bits per heavy atom. The first-order chi connectivity index (χ1) is 14.1. The van der Waals surface area contributed by atoms with E-state index in [9.17, 15) is 9.18 Å². The Bertz CT molecular complexity index is 1120. The summed E-state index contributed by atoms with van der Waals surface area (Å²) in [7, 11) is 0. The van der Waals surface area contributed by atoms with Gasteiger partial charge in [0.15, 0.2) is 0 Å². The number of carbonyl (C=O) groups excluding carboxylic acids is 1. The van der Waals surface area contributed by atoms with Crippen LogP contribution in [0.5, 0.6) is 0 Å². The number of carbonyl (C=O) groups is 1. The fourth-order valence-electron chi connectivity index (χ4n) is 2.99. The Balaban J connectivity index is 1.68. The van der Waals surface area contributed by atoms with Crippen molar-refractivity contribution in [1.82, 2.24) is 15.5 Å². The van der Waals surface area contributed by atoms with Crippen molar-refractivity contribution in [2.75, 3.05) is 0 Å². The minimum Gasteiger partial charge on any atom is -0.418 e. The number of nitrogens with one attached hydrogen (secondary N) is 1. The molecule has 0 unspecified atom stereocenters. The average Bonchev–Trinajstić information content (AvgIpc) is 3.23. The van der Waals surface area contributed by atoms with Crippen LogP contribution in [0.3, 0.4) is 0 Å². The van der Waals surface area contributed by atoms with Gasteiger partial charge in [0, 0.05) is 11.1 Å². The fraction of sp³-hybridized carbons (Fsp3) is 0.0870. The summed E-state index contributed by atoms with van der Waals surface area (Å²) in [6.45, 7) is 1.92. The molecule has 3 aromatic carbocycles. The maximum atomic E-state index is 13.4. The normalized spacial score (nSPS) is 11.8. The first-order valence-electron chi connectivity index (χ1n) is 9.12. The predicted molar refractivity (Wildman–Crippen MR) is 107 cm³/mol. The lowest BCUT2D eigenvalue weighted by atomic mass is 10.1. The van der Waals surface area contributed by atoms with Gasteiger partial charge >= 0.3 is 0 Å². The number of hydrogen-bond donors (Lipinski definition) is 1. The lowest BCUT2D eigenvalue weighted by Gasteiger charge is -2.16. The number of rotatable bonds is 5. The molecule has 0 saturated heterocycles. The summed E-state index contributed by atoms with van der Waals surface area (Å²) in [6.07, 6.45) is 0. The summed E-state index contributed by atoms with van der Waals surface area (Å²) in [4.78, 5) is 12.8. The molecule has 0 aliphatic carbocycles. The molecule has 1 atom stereocenters. The molecule has 1 aromatic heterocycles. The van der Waals surface area contributed by atoms with Gasteiger partial charge in [-0.1, -0.05) is 48.0 Å². The molecule has 1 N–H and O–H groups in total. The van der Waals surface area contributed by atoms with Crippen molar-refractivity contribution >= 4 is 5.91 Å². The number of halogens is 1. The third-order valence-corrected chi connectivity index (χ3v) is 4.47. The molecule has 0 fully saturated rings. The molecule has 1 heterocycles. The summed E-state index contributed by atoms with van der Waals surface area (Å²) in [5, 5.41) is 11.2. The third kappa shape index (κ3) is 4.21. The van der Waals surface area contributed by atoms with Crippen LogP contribution in [-0.2, 0) is 0 Å². The molecule has 0 radical (unpaired) electrons. The van der Waals surface area contributed by atoms with Crippen LogP contribution >= 0.6 is 0 Å². The van der Waals surface area contributed by atoms with E-state index in [1.165, 1.54) is 12.1 Å². The van der Waals surface area contributed by atoms with Gasteiger partial charge in [0.05, 0.1) is 0 Å². The predicted octanol–water partition coefficient (Wildman–Crippen LogP) is 4.70. The average molecular weight is 387 g/mol. The lowest BCUT2D eigenvalue weighted by Crippen LogP contribution is -2.29. The molecule has 1 amide bonds. The van der Waals surface area contributed by atoms with Crippen molar-refractivity contribution < 1.29 is 13.6 Å². The van der Waals surface area contributed by atoms with Crippen LogP contribution in [-0.4, -0.2) is 16.1 Å². The van der Waals surface area contributed by atoms with E-state index < -0.39 is 6.04 Å². The molecular formula is C23H18FN3O2. The Hall–Kier alpha value is -3.80. The summed E-state index contributed by atoms with van der Waals surface area (Å²) in [5.41, 5.74) is 2.89. The van der Waals surface area contributed by atoms with Crippen LogP contribution in [0.15, 0.2) is 83.3 Å². The van der Waals surface area contributed by atoms with E-state index in [0.29, 0.717) is 17.0 Å². The van der Waals surface area contributed by atoms with Crippen molar-refractivity contribution in [2.45, 2.75) is 13.0 Å². The maximum Gasteiger partial charge on any atom is 0.252 e. The van der Waals surface area contributed by atoms with Gasteiger partial charge in [-0.05, 0) is 48.9 Å². The summed E-state index contributed by atoms with van der Waals surface area (Å²) >= 11 is 0. The molecule has 5 nitrogen and oxygen atoms in total. The van der Waals surface area contributed by atoms with Crippen LogP contribution in [0.2, 0.25) is 0 Å². The zero-order chi connectivity index (χ0) is 20.2. The molecule has 0 spiro atoms. The highest BCUT2D eigenvalue weighted by Gasteiger charge is 2.24. The molecule has 0 bridgehead atoms. The van der Waals surface area contributed by atoms with Crippen molar-refractivity contribution in [3.8, 4) is 11.5 Å². The highest BCUT2D eigenvalue weighted by atomic mass is 19.1. The Morgan fingerprint density at radius 3 is 2.45 bits per heavy atom. The van der Waals surface area contributed by atoms with Gasteiger partial charge in [0.25, 0.3) is 5.91 Å². The maximum absolute atomic E-state index is 13.4. The molecule has 29 heavy (non-hydrogen) atoms. The molecule has 4 aromatic rings. The van der Waals surface area contributed by atoms with Gasteiger partial charge in [-0.15, -0.1) is 10.2 Å². The van der Waals surface area contributed by atoms with Crippen molar-refractivity contribution in [3.05, 3.63) is 107 Å². The van der Waals surface area contributed by atoms with Crippen LogP contribution in [0.25, 0.3) is 11.5 Å². The van der Waals surface area contributed by atoms with Gasteiger partial charge in [-0.25, -0.2) is 4.39 Å². The molecule has 6 heteroatoms. The summed E-state index contributed by atoms with van der Waals surface area (Å²) in [6, 6.07) is 21.7. The van der Waals surface area contributed by atoms with Gasteiger partial charge in [0.2, 0.25) is 11.8 Å². The van der Waals surface area contributed by atoms with Crippen LogP contribution < -0.4 is 5.32 Å². The van der Waals surface area contributed by atoms with E-state index in [1.807, 2.05) is 49.4 Å². The molecule has 0 aliphatic heterocycles. The third-order valence-electron chi connectivity index (χ3n) is 4.47. The molecule has 0 aliphatic rings. The first-order valence-corrected chi connectivity index (χ1v) is 9.12. The van der Waals surface area contributed by atoms with Crippen LogP contribution in [0.4, 0.5) is 4.39 Å². The van der Waals surface area contributed by atoms with Gasteiger partial charge in [-0.2, -0.15) is 0 Å².